The van der Waals surface area contributed by atoms with Gasteiger partial charge in [0.05, 0.1) is 50.8 Å². The molecule has 0 saturated heterocycles. The lowest BCUT2D eigenvalue weighted by atomic mass is 10.1. The van der Waals surface area contributed by atoms with Gasteiger partial charge in [-0.25, -0.2) is 33.9 Å². The number of carbonyl (C=O) groups excluding carboxylic acids is 5. The second kappa shape index (κ2) is 39.6. The van der Waals surface area contributed by atoms with Crippen molar-refractivity contribution in [2.75, 3.05) is 39.6 Å². The zero-order valence-corrected chi connectivity index (χ0v) is 48.1. The minimum absolute atomic E-state index is 0.0534. The van der Waals surface area contributed by atoms with Gasteiger partial charge in [-0.1, -0.05) is 90.7 Å². The number of esters is 5. The van der Waals surface area contributed by atoms with Gasteiger partial charge in [0.25, 0.3) is 0 Å². The van der Waals surface area contributed by atoms with Crippen LogP contribution in [0.2, 0.25) is 0 Å². The van der Waals surface area contributed by atoms with Gasteiger partial charge in [-0.15, -0.1) is 0 Å². The second-order valence-corrected chi connectivity index (χ2v) is 20.0. The quantitative estimate of drug-likeness (QED) is 0.0118. The normalized spacial score (nSPS) is 10.8. The van der Waals surface area contributed by atoms with Crippen molar-refractivity contribution in [1.82, 2.24) is 9.97 Å². The fourth-order valence-corrected chi connectivity index (χ4v) is 8.62. The molecule has 0 aliphatic rings. The Bertz CT molecular complexity index is 2670. The van der Waals surface area contributed by atoms with Crippen molar-refractivity contribution in [3.8, 4) is 40.1 Å². The Hall–Kier alpha value is -7.81. The Balaban J connectivity index is 1.03. The van der Waals surface area contributed by atoms with Crippen molar-refractivity contribution >= 4 is 29.8 Å². The number of carbonyl (C=O) groups is 5. The molecular formula is C67H84N2O13. The van der Waals surface area contributed by atoms with Gasteiger partial charge in [0.2, 0.25) is 0 Å². The molecule has 0 N–H and O–H groups in total. The fourth-order valence-electron chi connectivity index (χ4n) is 8.62. The Morgan fingerprint density at radius 2 is 0.805 bits per heavy atom. The van der Waals surface area contributed by atoms with Crippen LogP contribution in [0.1, 0.15) is 185 Å². The molecular weight excluding hydrogens is 1040 g/mol. The van der Waals surface area contributed by atoms with Gasteiger partial charge in [0.1, 0.15) is 34.3 Å². The van der Waals surface area contributed by atoms with Gasteiger partial charge in [-0.05, 0) is 174 Å². The molecule has 0 radical (unpaired) electrons. The summed E-state index contributed by atoms with van der Waals surface area (Å²) < 4.78 is 44.8. The average Bonchev–Trinajstić information content (AvgIpc) is 3.53. The third-order valence-corrected chi connectivity index (χ3v) is 13.4. The molecule has 15 nitrogen and oxygen atoms in total. The molecule has 5 aromatic rings. The van der Waals surface area contributed by atoms with E-state index in [0.29, 0.717) is 51.0 Å². The first kappa shape index (κ1) is 65.0. The van der Waals surface area contributed by atoms with Crippen molar-refractivity contribution in [2.24, 2.45) is 0 Å². The van der Waals surface area contributed by atoms with Gasteiger partial charge in [-0.3, -0.25) is 0 Å². The topological polar surface area (TPSA) is 185 Å². The standard InChI is InChI=1S/C67H84N2O13/c1-4-7-8-9-11-14-21-28-52-50-68-64(69-51-52)53-29-35-56(36-30-53)75-43-22-15-12-10-13-16-27-48-80-67(74)60-49-59(81-65(72)54-31-37-57(38-32-54)76-44-23-17-19-25-46-78-62(70)5-2)41-42-61(60)82-66(73)55-33-39-58(40-34-55)77-45-24-18-20-26-47-79-63(71)6-3/h5-6,29-42,49-51H,2-4,7-28,43-48H2,1H3. The lowest BCUT2D eigenvalue weighted by Crippen LogP contribution is -2.14. The Morgan fingerprint density at radius 3 is 1.27 bits per heavy atom. The van der Waals surface area contributed by atoms with Crippen LogP contribution in [0.4, 0.5) is 0 Å². The third-order valence-electron chi connectivity index (χ3n) is 13.4. The lowest BCUT2D eigenvalue weighted by molar-refractivity contribution is -0.138. The number of nitrogens with zero attached hydrogens (tertiary/aromatic N) is 2. The highest BCUT2D eigenvalue weighted by molar-refractivity contribution is 5.97. The molecule has 15 heteroatoms. The Morgan fingerprint density at radius 1 is 0.415 bits per heavy atom. The summed E-state index contributed by atoms with van der Waals surface area (Å²) in [7, 11) is 0. The predicted octanol–water partition coefficient (Wildman–Crippen LogP) is 15.2. The SMILES string of the molecule is C=CC(=O)OCCCCCCOc1ccc(C(=O)Oc2ccc(OC(=O)c3ccc(OCCCCCCOC(=O)C=C)cc3)c(C(=O)OCCCCCCCCCOc3ccc(-c4ncc(CCCCCCCCC)cn4)cc3)c2)cc1. The number of benzene rings is 4. The van der Waals surface area contributed by atoms with Crippen molar-refractivity contribution in [2.45, 2.75) is 155 Å². The summed E-state index contributed by atoms with van der Waals surface area (Å²) in [6.45, 7) is 11.5. The van der Waals surface area contributed by atoms with Crippen LogP contribution < -0.4 is 23.7 Å². The van der Waals surface area contributed by atoms with Crippen LogP contribution in [0.25, 0.3) is 11.4 Å². The van der Waals surface area contributed by atoms with Crippen molar-refractivity contribution in [1.29, 1.82) is 0 Å². The van der Waals surface area contributed by atoms with Crippen LogP contribution in [-0.2, 0) is 30.2 Å². The van der Waals surface area contributed by atoms with E-state index < -0.39 is 29.8 Å². The monoisotopic (exact) mass is 1120 g/mol. The maximum absolute atomic E-state index is 13.7. The zero-order chi connectivity index (χ0) is 58.2. The average molecular weight is 1130 g/mol. The molecule has 5 rings (SSSR count). The number of hydrogen-bond donors (Lipinski definition) is 0. The molecule has 0 aliphatic carbocycles. The molecule has 0 unspecified atom stereocenters. The molecule has 0 spiro atoms. The van der Waals surface area contributed by atoms with E-state index in [-0.39, 0.29) is 34.8 Å². The summed E-state index contributed by atoms with van der Waals surface area (Å²) in [6, 6.07) is 25.1. The Kier molecular flexibility index (Phi) is 31.4. The van der Waals surface area contributed by atoms with E-state index in [9.17, 15) is 24.0 Å². The minimum Gasteiger partial charge on any atom is -0.494 e. The van der Waals surface area contributed by atoms with E-state index in [1.807, 2.05) is 36.7 Å². The van der Waals surface area contributed by atoms with Crippen molar-refractivity contribution in [3.63, 3.8) is 0 Å². The zero-order valence-electron chi connectivity index (χ0n) is 48.1. The summed E-state index contributed by atoms with van der Waals surface area (Å²) in [6.07, 6.45) is 29.4. The van der Waals surface area contributed by atoms with Crippen molar-refractivity contribution < 1.29 is 61.9 Å². The van der Waals surface area contributed by atoms with Crippen LogP contribution in [0.5, 0.6) is 28.7 Å². The van der Waals surface area contributed by atoms with Gasteiger partial charge >= 0.3 is 29.8 Å². The molecule has 0 aliphatic heterocycles. The summed E-state index contributed by atoms with van der Waals surface area (Å²) in [5.41, 5.74) is 2.56. The second-order valence-electron chi connectivity index (χ2n) is 20.0. The summed E-state index contributed by atoms with van der Waals surface area (Å²) >= 11 is 0. The number of hydrogen-bond acceptors (Lipinski definition) is 15. The van der Waals surface area contributed by atoms with Crippen LogP contribution in [0.15, 0.2) is 129 Å². The van der Waals surface area contributed by atoms with E-state index in [0.717, 1.165) is 126 Å². The first-order valence-electron chi connectivity index (χ1n) is 29.5. The maximum atomic E-state index is 13.7. The number of aromatic nitrogens is 2. The molecule has 1 aromatic heterocycles. The van der Waals surface area contributed by atoms with E-state index in [1.54, 1.807) is 48.5 Å². The van der Waals surface area contributed by atoms with Gasteiger partial charge in [0.15, 0.2) is 5.82 Å². The molecule has 0 fully saturated rings. The largest absolute Gasteiger partial charge is 0.494 e. The molecule has 1 heterocycles. The van der Waals surface area contributed by atoms with E-state index in [1.165, 1.54) is 68.7 Å². The van der Waals surface area contributed by atoms with E-state index >= 15 is 0 Å². The highest BCUT2D eigenvalue weighted by Crippen LogP contribution is 2.28. The number of unbranched alkanes of at least 4 members (excludes halogenated alkanes) is 18. The fraction of sp³-hybridized carbons (Fsp3) is 0.448. The molecule has 440 valence electrons. The molecule has 0 bridgehead atoms. The van der Waals surface area contributed by atoms with Crippen molar-refractivity contribution in [3.05, 3.63) is 151 Å². The van der Waals surface area contributed by atoms with Crippen LogP contribution in [-0.4, -0.2) is 79.5 Å². The first-order valence-corrected chi connectivity index (χ1v) is 29.5. The maximum Gasteiger partial charge on any atom is 0.343 e. The van der Waals surface area contributed by atoms with Crippen LogP contribution in [0.3, 0.4) is 0 Å². The summed E-state index contributed by atoms with van der Waals surface area (Å²) in [5, 5.41) is 0. The lowest BCUT2D eigenvalue weighted by Gasteiger charge is -2.13. The first-order chi connectivity index (χ1) is 40.1. The van der Waals surface area contributed by atoms with Crippen LogP contribution in [0, 0.1) is 0 Å². The van der Waals surface area contributed by atoms with Gasteiger partial charge < -0.3 is 37.9 Å². The number of rotatable bonds is 43. The smallest absolute Gasteiger partial charge is 0.343 e. The van der Waals surface area contributed by atoms with E-state index in [4.69, 9.17) is 37.9 Å². The van der Waals surface area contributed by atoms with Gasteiger partial charge in [0, 0.05) is 30.1 Å². The Labute approximate surface area is 485 Å². The highest BCUT2D eigenvalue weighted by Gasteiger charge is 2.21. The molecule has 0 saturated carbocycles. The minimum atomic E-state index is -0.731. The molecule has 4 aromatic carbocycles. The number of aryl methyl sites for hydroxylation is 1. The third kappa shape index (κ3) is 26.2. The summed E-state index contributed by atoms with van der Waals surface area (Å²) in [5.74, 6) is -0.260. The molecule has 0 atom stereocenters. The van der Waals surface area contributed by atoms with E-state index in [2.05, 4.69) is 30.0 Å². The highest BCUT2D eigenvalue weighted by atomic mass is 16.6. The molecule has 0 amide bonds. The van der Waals surface area contributed by atoms with Gasteiger partial charge in [-0.2, -0.15) is 0 Å². The van der Waals surface area contributed by atoms with Crippen LogP contribution >= 0.6 is 0 Å². The molecule has 82 heavy (non-hydrogen) atoms. The predicted molar refractivity (Wildman–Crippen MR) is 317 cm³/mol. The summed E-state index contributed by atoms with van der Waals surface area (Å²) in [4.78, 5) is 72.0. The number of ether oxygens (including phenoxy) is 8.